The van der Waals surface area contributed by atoms with Crippen molar-refractivity contribution < 1.29 is 4.79 Å². The van der Waals surface area contributed by atoms with Crippen LogP contribution in [-0.4, -0.2) is 29.4 Å². The third kappa shape index (κ3) is 3.65. The summed E-state index contributed by atoms with van der Waals surface area (Å²) < 4.78 is 1.06. The monoisotopic (exact) mass is 382 g/mol. The fourth-order valence-electron chi connectivity index (χ4n) is 2.68. The molecule has 0 spiro atoms. The zero-order valence-corrected chi connectivity index (χ0v) is 15.4. The van der Waals surface area contributed by atoms with Crippen molar-refractivity contribution in [2.45, 2.75) is 13.3 Å². The van der Waals surface area contributed by atoms with Crippen molar-refractivity contribution in [1.29, 1.82) is 0 Å². The summed E-state index contributed by atoms with van der Waals surface area (Å²) in [5.41, 5.74) is 3.58. The maximum Gasteiger partial charge on any atom is 0.255 e. The van der Waals surface area contributed by atoms with Crippen molar-refractivity contribution in [2.24, 2.45) is 0 Å². The summed E-state index contributed by atoms with van der Waals surface area (Å²) in [5.74, 6) is 0.0165. The molecule has 1 amide bonds. The smallest absolute Gasteiger partial charge is 0.255 e. The molecule has 24 heavy (non-hydrogen) atoms. The van der Waals surface area contributed by atoms with E-state index in [2.05, 4.69) is 33.0 Å². The molecule has 2 aromatic carbocycles. The molecule has 0 aliphatic rings. The number of rotatable bonds is 4. The van der Waals surface area contributed by atoms with Crippen LogP contribution >= 0.6 is 15.9 Å². The van der Waals surface area contributed by atoms with Crippen LogP contribution in [0.1, 0.15) is 21.6 Å². The number of halogens is 1. The van der Waals surface area contributed by atoms with Crippen LogP contribution in [-0.2, 0) is 6.42 Å². The minimum absolute atomic E-state index is 0.0165. The molecule has 3 nitrogen and oxygen atoms in total. The summed E-state index contributed by atoms with van der Waals surface area (Å²) in [7, 11) is 1.84. The molecule has 3 rings (SSSR count). The zero-order chi connectivity index (χ0) is 17.1. The quantitative estimate of drug-likeness (QED) is 0.659. The van der Waals surface area contributed by atoms with Gasteiger partial charge in [0.05, 0.1) is 16.8 Å². The van der Waals surface area contributed by atoms with Gasteiger partial charge in [0.1, 0.15) is 0 Å². The van der Waals surface area contributed by atoms with E-state index in [4.69, 9.17) is 0 Å². The van der Waals surface area contributed by atoms with Gasteiger partial charge in [-0.25, -0.2) is 0 Å². The van der Waals surface area contributed by atoms with Crippen LogP contribution in [0.5, 0.6) is 0 Å². The van der Waals surface area contributed by atoms with Crippen molar-refractivity contribution in [3.05, 3.63) is 75.9 Å². The summed E-state index contributed by atoms with van der Waals surface area (Å²) >= 11 is 3.44. The molecule has 4 heteroatoms. The van der Waals surface area contributed by atoms with Crippen molar-refractivity contribution in [3.63, 3.8) is 0 Å². The summed E-state index contributed by atoms with van der Waals surface area (Å²) in [5, 5.41) is 0.993. The molecule has 0 saturated carbocycles. The Hall–Kier alpha value is -2.20. The largest absolute Gasteiger partial charge is 0.341 e. The Balaban J connectivity index is 1.75. The van der Waals surface area contributed by atoms with Gasteiger partial charge in [0, 0.05) is 23.5 Å². The van der Waals surface area contributed by atoms with Gasteiger partial charge in [-0.15, -0.1) is 0 Å². The minimum Gasteiger partial charge on any atom is -0.341 e. The first-order valence-corrected chi connectivity index (χ1v) is 8.70. The van der Waals surface area contributed by atoms with E-state index in [9.17, 15) is 4.79 Å². The average Bonchev–Trinajstić information content (AvgIpc) is 2.59. The molecule has 0 N–H and O–H groups in total. The van der Waals surface area contributed by atoms with E-state index in [1.807, 2.05) is 56.4 Å². The highest BCUT2D eigenvalue weighted by molar-refractivity contribution is 9.10. The van der Waals surface area contributed by atoms with E-state index in [1.54, 1.807) is 4.90 Å². The Morgan fingerprint density at radius 3 is 2.58 bits per heavy atom. The van der Waals surface area contributed by atoms with Gasteiger partial charge in [-0.05, 0) is 43.2 Å². The maximum absolute atomic E-state index is 12.8. The molecule has 0 saturated heterocycles. The van der Waals surface area contributed by atoms with Crippen molar-refractivity contribution in [3.8, 4) is 0 Å². The lowest BCUT2D eigenvalue weighted by molar-refractivity contribution is 0.0795. The fraction of sp³-hybridized carbons (Fsp3) is 0.200. The normalized spacial score (nSPS) is 10.8. The van der Waals surface area contributed by atoms with E-state index >= 15 is 0 Å². The van der Waals surface area contributed by atoms with Crippen molar-refractivity contribution >= 4 is 32.7 Å². The first-order chi connectivity index (χ1) is 11.5. The van der Waals surface area contributed by atoms with Gasteiger partial charge in [0.15, 0.2) is 0 Å². The molecule has 0 aliphatic heterocycles. The number of para-hydroxylation sites is 1. The molecule has 0 atom stereocenters. The Morgan fingerprint density at radius 2 is 1.83 bits per heavy atom. The van der Waals surface area contributed by atoms with E-state index < -0.39 is 0 Å². The highest BCUT2D eigenvalue weighted by Gasteiger charge is 2.15. The summed E-state index contributed by atoms with van der Waals surface area (Å²) in [6.07, 6.45) is 0.829. The van der Waals surface area contributed by atoms with Crippen molar-refractivity contribution in [1.82, 2.24) is 9.88 Å². The number of aryl methyl sites for hydroxylation is 1. The fourth-order valence-corrected chi connectivity index (χ4v) is 2.95. The van der Waals surface area contributed by atoms with E-state index in [0.29, 0.717) is 12.1 Å². The summed E-state index contributed by atoms with van der Waals surface area (Å²) in [6, 6.07) is 18.0. The standard InChI is InChI=1S/C20H19BrN2O/c1-14-18(13-16-5-3-4-6-19(16)22-14)20(24)23(2)12-11-15-7-9-17(21)10-8-15/h3-10,13H,11-12H2,1-2H3. The number of likely N-dealkylation sites (N-methyl/N-ethyl adjacent to an activating group) is 1. The topological polar surface area (TPSA) is 33.2 Å². The molecule has 0 radical (unpaired) electrons. The molecule has 0 aliphatic carbocycles. The molecule has 0 fully saturated rings. The van der Waals surface area contributed by atoms with Crippen LogP contribution in [0.3, 0.4) is 0 Å². The van der Waals surface area contributed by atoms with Gasteiger partial charge in [-0.3, -0.25) is 9.78 Å². The SMILES string of the molecule is Cc1nc2ccccc2cc1C(=O)N(C)CCc1ccc(Br)cc1. The number of aromatic nitrogens is 1. The molecular formula is C20H19BrN2O. The lowest BCUT2D eigenvalue weighted by atomic mass is 10.1. The number of fused-ring (bicyclic) bond motifs is 1. The Bertz CT molecular complexity index is 874. The first kappa shape index (κ1) is 16.7. The van der Waals surface area contributed by atoms with Gasteiger partial charge in [-0.1, -0.05) is 46.3 Å². The third-order valence-corrected chi connectivity index (χ3v) is 4.67. The summed E-state index contributed by atoms with van der Waals surface area (Å²) in [6.45, 7) is 2.56. The summed E-state index contributed by atoms with van der Waals surface area (Å²) in [4.78, 5) is 19.1. The van der Waals surface area contributed by atoms with Crippen LogP contribution in [0.15, 0.2) is 59.1 Å². The highest BCUT2D eigenvalue weighted by Crippen LogP contribution is 2.18. The van der Waals surface area contributed by atoms with Crippen LogP contribution < -0.4 is 0 Å². The van der Waals surface area contributed by atoms with Crippen LogP contribution in [0.2, 0.25) is 0 Å². The van der Waals surface area contributed by atoms with E-state index in [1.165, 1.54) is 5.56 Å². The van der Waals surface area contributed by atoms with Gasteiger partial charge in [0.25, 0.3) is 5.91 Å². The number of carbonyl (C=O) groups excluding carboxylic acids is 1. The molecule has 3 aromatic rings. The number of hydrogen-bond acceptors (Lipinski definition) is 2. The molecule has 122 valence electrons. The maximum atomic E-state index is 12.8. The Labute approximate surface area is 150 Å². The van der Waals surface area contributed by atoms with Gasteiger partial charge < -0.3 is 4.90 Å². The second kappa shape index (κ2) is 7.14. The highest BCUT2D eigenvalue weighted by atomic mass is 79.9. The van der Waals surface area contributed by atoms with Gasteiger partial charge in [-0.2, -0.15) is 0 Å². The van der Waals surface area contributed by atoms with Gasteiger partial charge >= 0.3 is 0 Å². The predicted octanol–water partition coefficient (Wildman–Crippen LogP) is 4.62. The number of hydrogen-bond donors (Lipinski definition) is 0. The molecule has 0 unspecified atom stereocenters. The van der Waals surface area contributed by atoms with Crippen LogP contribution in [0.4, 0.5) is 0 Å². The minimum atomic E-state index is 0.0165. The Kier molecular flexibility index (Phi) is 4.95. The zero-order valence-electron chi connectivity index (χ0n) is 13.8. The first-order valence-electron chi connectivity index (χ1n) is 7.91. The second-order valence-electron chi connectivity index (χ2n) is 5.92. The average molecular weight is 383 g/mol. The third-order valence-electron chi connectivity index (χ3n) is 4.14. The molecule has 1 aromatic heterocycles. The van der Waals surface area contributed by atoms with E-state index in [0.717, 1.165) is 27.5 Å². The number of carbonyl (C=O) groups is 1. The second-order valence-corrected chi connectivity index (χ2v) is 6.83. The number of benzene rings is 2. The number of amides is 1. The molecule has 1 heterocycles. The number of nitrogens with zero attached hydrogens (tertiary/aromatic N) is 2. The molecular weight excluding hydrogens is 364 g/mol. The van der Waals surface area contributed by atoms with Crippen LogP contribution in [0.25, 0.3) is 10.9 Å². The lowest BCUT2D eigenvalue weighted by Crippen LogP contribution is -2.29. The van der Waals surface area contributed by atoms with Crippen LogP contribution in [0, 0.1) is 6.92 Å². The Morgan fingerprint density at radius 1 is 1.12 bits per heavy atom. The van der Waals surface area contributed by atoms with Crippen molar-refractivity contribution in [2.75, 3.05) is 13.6 Å². The van der Waals surface area contributed by atoms with E-state index in [-0.39, 0.29) is 5.91 Å². The molecule has 0 bridgehead atoms. The lowest BCUT2D eigenvalue weighted by Gasteiger charge is -2.18. The predicted molar refractivity (Wildman–Crippen MR) is 101 cm³/mol. The van der Waals surface area contributed by atoms with Gasteiger partial charge in [0.2, 0.25) is 0 Å². The number of pyridine rings is 1.